The van der Waals surface area contributed by atoms with Gasteiger partial charge in [0.2, 0.25) is 0 Å². The molecule has 0 radical (unpaired) electrons. The van der Waals surface area contributed by atoms with Crippen LogP contribution in [0, 0.1) is 0 Å². The van der Waals surface area contributed by atoms with Crippen LogP contribution in [0.5, 0.6) is 0 Å². The molecule has 2 heterocycles. The average Bonchev–Trinajstić information content (AvgIpc) is 2.67. The van der Waals surface area contributed by atoms with Gasteiger partial charge in [-0.25, -0.2) is 9.78 Å². The zero-order chi connectivity index (χ0) is 10.1. The number of pyridine rings is 1. The molecule has 1 aromatic rings. The van der Waals surface area contributed by atoms with Crippen LogP contribution in [0.25, 0.3) is 0 Å². The highest BCUT2D eigenvalue weighted by Gasteiger charge is 2.22. The highest BCUT2D eigenvalue weighted by molar-refractivity contribution is 6.30. The Labute approximate surface area is 86.2 Å². The lowest BCUT2D eigenvalue weighted by Crippen LogP contribution is -2.06. The predicted molar refractivity (Wildman–Crippen MR) is 52.8 cm³/mol. The number of carbonyl (C=O) groups excluding carboxylic acids is 1. The summed E-state index contributed by atoms with van der Waals surface area (Å²) in [6.45, 7) is 0.782. The van der Waals surface area contributed by atoms with E-state index in [0.717, 1.165) is 24.2 Å². The van der Waals surface area contributed by atoms with Gasteiger partial charge in [0.1, 0.15) is 10.7 Å². The van der Waals surface area contributed by atoms with Crippen molar-refractivity contribution in [3.05, 3.63) is 22.5 Å². The van der Waals surface area contributed by atoms with Gasteiger partial charge in [-0.05, 0) is 6.42 Å². The van der Waals surface area contributed by atoms with E-state index in [1.54, 1.807) is 0 Å². The summed E-state index contributed by atoms with van der Waals surface area (Å²) in [4.78, 5) is 15.3. The number of fused-ring (bicyclic) bond motifs is 1. The zero-order valence-electron chi connectivity index (χ0n) is 7.63. The summed E-state index contributed by atoms with van der Waals surface area (Å²) >= 11 is 5.89. The van der Waals surface area contributed by atoms with E-state index in [9.17, 15) is 4.79 Å². The third-order valence-corrected chi connectivity index (χ3v) is 2.53. The molecule has 2 rings (SSSR count). The largest absolute Gasteiger partial charge is 0.465 e. The minimum Gasteiger partial charge on any atom is -0.465 e. The van der Waals surface area contributed by atoms with Gasteiger partial charge in [0.05, 0.1) is 12.8 Å². The molecular formula is C9H9ClN2O2. The molecule has 0 fully saturated rings. The summed E-state index contributed by atoms with van der Waals surface area (Å²) in [7, 11) is 1.35. The lowest BCUT2D eigenvalue weighted by atomic mass is 10.1. The quantitative estimate of drug-likeness (QED) is 0.566. The molecule has 14 heavy (non-hydrogen) atoms. The number of ether oxygens (including phenoxy) is 1. The van der Waals surface area contributed by atoms with Gasteiger partial charge in [-0.3, -0.25) is 0 Å². The Morgan fingerprint density at radius 1 is 1.71 bits per heavy atom. The van der Waals surface area contributed by atoms with Crippen LogP contribution in [0.1, 0.15) is 15.9 Å². The van der Waals surface area contributed by atoms with E-state index < -0.39 is 0 Å². The third kappa shape index (κ3) is 1.32. The molecule has 0 saturated carbocycles. The fourth-order valence-electron chi connectivity index (χ4n) is 1.54. The van der Waals surface area contributed by atoms with Crippen molar-refractivity contribution in [2.24, 2.45) is 0 Å². The number of hydrogen-bond donors (Lipinski definition) is 1. The SMILES string of the molecule is COC(=O)c1cnc(Cl)c2c1NCC2. The molecule has 0 spiro atoms. The number of aromatic nitrogens is 1. The van der Waals surface area contributed by atoms with Gasteiger partial charge in [-0.15, -0.1) is 0 Å². The van der Waals surface area contributed by atoms with E-state index in [1.165, 1.54) is 13.3 Å². The molecule has 0 unspecified atom stereocenters. The number of nitrogens with one attached hydrogen (secondary N) is 1. The van der Waals surface area contributed by atoms with E-state index >= 15 is 0 Å². The van der Waals surface area contributed by atoms with Crippen LogP contribution < -0.4 is 5.32 Å². The lowest BCUT2D eigenvalue weighted by molar-refractivity contribution is 0.0601. The number of nitrogens with zero attached hydrogens (tertiary/aromatic N) is 1. The van der Waals surface area contributed by atoms with Crippen LogP contribution in [0.2, 0.25) is 5.15 Å². The maximum Gasteiger partial charge on any atom is 0.341 e. The van der Waals surface area contributed by atoms with E-state index in [-0.39, 0.29) is 5.97 Å². The van der Waals surface area contributed by atoms with E-state index in [2.05, 4.69) is 15.0 Å². The first-order chi connectivity index (χ1) is 6.74. The number of halogens is 1. The van der Waals surface area contributed by atoms with Crippen molar-refractivity contribution in [1.82, 2.24) is 4.98 Å². The van der Waals surface area contributed by atoms with E-state index in [4.69, 9.17) is 11.6 Å². The van der Waals surface area contributed by atoms with Gasteiger partial charge in [0.15, 0.2) is 0 Å². The third-order valence-electron chi connectivity index (χ3n) is 2.21. The average molecular weight is 213 g/mol. The monoisotopic (exact) mass is 212 g/mol. The summed E-state index contributed by atoms with van der Waals surface area (Å²) in [5.41, 5.74) is 2.11. The minimum absolute atomic E-state index is 0.389. The summed E-state index contributed by atoms with van der Waals surface area (Å²) < 4.78 is 4.64. The van der Waals surface area contributed by atoms with Crippen LogP contribution >= 0.6 is 11.6 Å². The Balaban J connectivity index is 2.53. The van der Waals surface area contributed by atoms with E-state index in [1.807, 2.05) is 0 Å². The molecule has 0 aromatic carbocycles. The second-order valence-corrected chi connectivity index (χ2v) is 3.34. The van der Waals surface area contributed by atoms with Crippen LogP contribution in [-0.4, -0.2) is 24.6 Å². The fourth-order valence-corrected chi connectivity index (χ4v) is 1.77. The van der Waals surface area contributed by atoms with Crippen molar-refractivity contribution in [2.75, 3.05) is 19.0 Å². The van der Waals surface area contributed by atoms with Crippen molar-refractivity contribution in [1.29, 1.82) is 0 Å². The second kappa shape index (κ2) is 3.46. The molecule has 0 bridgehead atoms. The van der Waals surface area contributed by atoms with Crippen molar-refractivity contribution < 1.29 is 9.53 Å². The van der Waals surface area contributed by atoms with Gasteiger partial charge in [-0.1, -0.05) is 11.6 Å². The van der Waals surface area contributed by atoms with Crippen LogP contribution in [-0.2, 0) is 11.2 Å². The Hall–Kier alpha value is -1.29. The molecule has 5 heteroatoms. The van der Waals surface area contributed by atoms with Crippen LogP contribution in [0.15, 0.2) is 6.20 Å². The summed E-state index contributed by atoms with van der Waals surface area (Å²) in [5.74, 6) is -0.389. The lowest BCUT2D eigenvalue weighted by Gasteiger charge is -2.06. The number of esters is 1. The predicted octanol–water partition coefficient (Wildman–Crippen LogP) is 1.49. The Morgan fingerprint density at radius 2 is 2.50 bits per heavy atom. The topological polar surface area (TPSA) is 51.2 Å². The smallest absolute Gasteiger partial charge is 0.341 e. The molecule has 1 N–H and O–H groups in total. The van der Waals surface area contributed by atoms with Crippen LogP contribution in [0.4, 0.5) is 5.69 Å². The van der Waals surface area contributed by atoms with Gasteiger partial charge >= 0.3 is 5.97 Å². The molecule has 4 nitrogen and oxygen atoms in total. The summed E-state index contributed by atoms with van der Waals surface area (Å²) in [6.07, 6.45) is 2.23. The van der Waals surface area contributed by atoms with Gasteiger partial charge < -0.3 is 10.1 Å². The molecule has 0 atom stereocenters. The summed E-state index contributed by atoms with van der Waals surface area (Å²) in [6, 6.07) is 0. The Kier molecular flexibility index (Phi) is 2.29. The highest BCUT2D eigenvalue weighted by Crippen LogP contribution is 2.31. The number of carbonyl (C=O) groups is 1. The molecule has 0 amide bonds. The standard InChI is InChI=1S/C9H9ClN2O2/c1-14-9(13)6-4-12-8(10)5-2-3-11-7(5)6/h4,11H,2-3H2,1H3. The molecule has 1 aliphatic rings. The molecule has 1 aromatic heterocycles. The highest BCUT2D eigenvalue weighted by atomic mass is 35.5. The van der Waals surface area contributed by atoms with Crippen molar-refractivity contribution in [2.45, 2.75) is 6.42 Å². The molecular weight excluding hydrogens is 204 g/mol. The normalized spacial score (nSPS) is 13.3. The first-order valence-corrected chi connectivity index (χ1v) is 4.61. The van der Waals surface area contributed by atoms with E-state index in [0.29, 0.717) is 10.7 Å². The van der Waals surface area contributed by atoms with Gasteiger partial charge in [-0.2, -0.15) is 0 Å². The maximum absolute atomic E-state index is 11.3. The molecule has 0 aliphatic carbocycles. The molecule has 74 valence electrons. The summed E-state index contributed by atoms with van der Waals surface area (Å²) in [5, 5.41) is 3.56. The Morgan fingerprint density at radius 3 is 3.21 bits per heavy atom. The minimum atomic E-state index is -0.389. The molecule has 1 aliphatic heterocycles. The number of methoxy groups -OCH3 is 1. The van der Waals surface area contributed by atoms with Gasteiger partial charge in [0.25, 0.3) is 0 Å². The fraction of sp³-hybridized carbons (Fsp3) is 0.333. The molecule has 0 saturated heterocycles. The first kappa shape index (κ1) is 9.27. The van der Waals surface area contributed by atoms with Crippen molar-refractivity contribution in [3.8, 4) is 0 Å². The van der Waals surface area contributed by atoms with Gasteiger partial charge in [0, 0.05) is 18.3 Å². The number of anilines is 1. The van der Waals surface area contributed by atoms with Crippen molar-refractivity contribution >= 4 is 23.3 Å². The van der Waals surface area contributed by atoms with Crippen LogP contribution in [0.3, 0.4) is 0 Å². The Bertz CT molecular complexity index is 393. The zero-order valence-corrected chi connectivity index (χ0v) is 8.39. The number of hydrogen-bond acceptors (Lipinski definition) is 4. The van der Waals surface area contributed by atoms with Crippen molar-refractivity contribution in [3.63, 3.8) is 0 Å². The maximum atomic E-state index is 11.3. The number of rotatable bonds is 1. The first-order valence-electron chi connectivity index (χ1n) is 4.23. The second-order valence-electron chi connectivity index (χ2n) is 2.98.